The first-order chi connectivity index (χ1) is 18.1. The van der Waals surface area contributed by atoms with Crippen LogP contribution in [0.3, 0.4) is 0 Å². The number of anilines is 2. The second-order valence-corrected chi connectivity index (χ2v) is 12.8. The van der Waals surface area contributed by atoms with E-state index in [1.807, 2.05) is 0 Å². The molecule has 0 atom stereocenters. The zero-order chi connectivity index (χ0) is 27.0. The molecule has 0 radical (unpaired) electrons. The molecule has 3 aromatic heterocycles. The van der Waals surface area contributed by atoms with Crippen molar-refractivity contribution in [1.82, 2.24) is 19.5 Å². The third-order valence-electron chi connectivity index (χ3n) is 6.14. The van der Waals surface area contributed by atoms with Gasteiger partial charge in [0.05, 0.1) is 16.0 Å². The van der Waals surface area contributed by atoms with Crippen LogP contribution in [0.1, 0.15) is 34.8 Å². The smallest absolute Gasteiger partial charge is 0.263 e. The van der Waals surface area contributed by atoms with Crippen molar-refractivity contribution in [3.63, 3.8) is 0 Å². The minimum absolute atomic E-state index is 0.0324. The molecule has 13 heteroatoms. The number of fused-ring (bicyclic) bond motifs is 3. The van der Waals surface area contributed by atoms with Crippen molar-refractivity contribution >= 4 is 60.8 Å². The molecule has 0 fully saturated rings. The average Bonchev–Trinajstić information content (AvgIpc) is 3.23. The van der Waals surface area contributed by atoms with Crippen molar-refractivity contribution in [2.45, 2.75) is 49.6 Å². The lowest BCUT2D eigenvalue weighted by atomic mass is 9.97. The maximum absolute atomic E-state index is 13.0. The Kier molecular flexibility index (Phi) is 7.25. The van der Waals surface area contributed by atoms with Crippen LogP contribution in [0.15, 0.2) is 45.2 Å². The van der Waals surface area contributed by atoms with Crippen LogP contribution in [0.2, 0.25) is 0 Å². The first kappa shape index (κ1) is 26.3. The van der Waals surface area contributed by atoms with Crippen molar-refractivity contribution in [1.29, 1.82) is 0 Å². The number of amides is 1. The highest BCUT2D eigenvalue weighted by Gasteiger charge is 2.22. The van der Waals surface area contributed by atoms with Gasteiger partial charge in [-0.2, -0.15) is 0 Å². The summed E-state index contributed by atoms with van der Waals surface area (Å²) >= 11 is 2.77. The van der Waals surface area contributed by atoms with Crippen molar-refractivity contribution < 1.29 is 13.2 Å². The Balaban J connectivity index is 1.24. The number of benzene rings is 1. The molecule has 1 aliphatic carbocycles. The van der Waals surface area contributed by atoms with E-state index in [0.29, 0.717) is 22.4 Å². The van der Waals surface area contributed by atoms with E-state index < -0.39 is 10.0 Å². The molecular formula is C25H26N6O4S3. The summed E-state index contributed by atoms with van der Waals surface area (Å²) in [5, 5.41) is 3.96. The summed E-state index contributed by atoms with van der Waals surface area (Å²) in [5.41, 5.74) is 2.17. The number of rotatable bonds is 7. The van der Waals surface area contributed by atoms with Crippen LogP contribution in [-0.4, -0.2) is 39.6 Å². The predicted molar refractivity (Wildman–Crippen MR) is 150 cm³/mol. The molecule has 2 N–H and O–H groups in total. The third-order valence-corrected chi connectivity index (χ3v) is 9.73. The Morgan fingerprint density at radius 3 is 2.58 bits per heavy atom. The SMILES string of the molecule is Cc1cc(NS(=O)(=O)c2ccc(NC(=O)CSc3nc4sc5c(c4c(=O)n3C)CCCC5)cc2)nc(C)n1. The summed E-state index contributed by atoms with van der Waals surface area (Å²) in [6, 6.07) is 7.40. The number of hydrogen-bond donors (Lipinski definition) is 2. The lowest BCUT2D eigenvalue weighted by Crippen LogP contribution is -2.22. The van der Waals surface area contributed by atoms with Crippen LogP contribution in [0.4, 0.5) is 11.5 Å². The summed E-state index contributed by atoms with van der Waals surface area (Å²) in [6.45, 7) is 3.44. The highest BCUT2D eigenvalue weighted by Crippen LogP contribution is 2.34. The van der Waals surface area contributed by atoms with Crippen LogP contribution >= 0.6 is 23.1 Å². The molecule has 198 valence electrons. The van der Waals surface area contributed by atoms with Crippen LogP contribution in [0.5, 0.6) is 0 Å². The minimum atomic E-state index is -3.86. The van der Waals surface area contributed by atoms with E-state index in [0.717, 1.165) is 41.5 Å². The van der Waals surface area contributed by atoms with Gasteiger partial charge >= 0.3 is 0 Å². The standard InChI is InChI=1S/C25H26N6O4S3/c1-14-12-20(27-15(2)26-14)30-38(34,35)17-10-8-16(9-11-17)28-21(32)13-36-25-29-23-22(24(33)31(25)3)18-6-4-5-7-19(18)37-23/h8-12H,4-7,13H2,1-3H3,(H,28,32)(H,26,27,30). The first-order valence-electron chi connectivity index (χ1n) is 12.0. The number of carbonyl (C=O) groups excluding carboxylic acids is 1. The maximum Gasteiger partial charge on any atom is 0.263 e. The van der Waals surface area contributed by atoms with Gasteiger partial charge in [0, 0.05) is 29.4 Å². The van der Waals surface area contributed by atoms with Crippen molar-refractivity contribution in [2.75, 3.05) is 15.8 Å². The molecule has 1 amide bonds. The molecule has 0 unspecified atom stereocenters. The monoisotopic (exact) mass is 570 g/mol. The number of aryl methyl sites for hydroxylation is 4. The highest BCUT2D eigenvalue weighted by molar-refractivity contribution is 7.99. The Labute approximate surface area is 228 Å². The van der Waals surface area contributed by atoms with Gasteiger partial charge in [-0.1, -0.05) is 11.8 Å². The maximum atomic E-state index is 13.0. The summed E-state index contributed by atoms with van der Waals surface area (Å²) in [7, 11) is -2.18. The molecule has 1 aliphatic rings. The minimum Gasteiger partial charge on any atom is -0.325 e. The first-order valence-corrected chi connectivity index (χ1v) is 15.3. The van der Waals surface area contributed by atoms with E-state index in [1.54, 1.807) is 38.3 Å². The molecule has 0 aliphatic heterocycles. The molecule has 4 aromatic rings. The van der Waals surface area contributed by atoms with Gasteiger partial charge in [-0.25, -0.2) is 23.4 Å². The fourth-order valence-corrected chi connectivity index (χ4v) is 7.47. The second kappa shape index (κ2) is 10.5. The summed E-state index contributed by atoms with van der Waals surface area (Å²) in [5.74, 6) is 0.400. The van der Waals surface area contributed by atoms with E-state index in [2.05, 4.69) is 25.0 Å². The van der Waals surface area contributed by atoms with Crippen molar-refractivity contribution in [2.24, 2.45) is 7.05 Å². The second-order valence-electron chi connectivity index (χ2n) is 9.06. The van der Waals surface area contributed by atoms with Gasteiger partial charge in [-0.3, -0.25) is 18.9 Å². The molecular weight excluding hydrogens is 545 g/mol. The topological polar surface area (TPSA) is 136 Å². The number of nitrogens with one attached hydrogen (secondary N) is 2. The van der Waals surface area contributed by atoms with E-state index in [4.69, 9.17) is 0 Å². The zero-order valence-electron chi connectivity index (χ0n) is 21.1. The van der Waals surface area contributed by atoms with Gasteiger partial charge in [0.1, 0.15) is 16.5 Å². The number of hydrogen-bond acceptors (Lipinski definition) is 9. The van der Waals surface area contributed by atoms with Crippen LogP contribution in [0, 0.1) is 13.8 Å². The molecule has 0 saturated carbocycles. The average molecular weight is 571 g/mol. The van der Waals surface area contributed by atoms with Crippen LogP contribution < -0.4 is 15.6 Å². The van der Waals surface area contributed by atoms with E-state index >= 15 is 0 Å². The number of aromatic nitrogens is 4. The lowest BCUT2D eigenvalue weighted by molar-refractivity contribution is -0.113. The molecule has 38 heavy (non-hydrogen) atoms. The Morgan fingerprint density at radius 1 is 1.11 bits per heavy atom. The van der Waals surface area contributed by atoms with Gasteiger partial charge in [-0.15, -0.1) is 11.3 Å². The number of nitrogens with zero attached hydrogens (tertiary/aromatic N) is 4. The summed E-state index contributed by atoms with van der Waals surface area (Å²) in [6.07, 6.45) is 4.12. The van der Waals surface area contributed by atoms with Gasteiger partial charge in [0.2, 0.25) is 5.91 Å². The molecule has 0 spiro atoms. The Morgan fingerprint density at radius 2 is 1.84 bits per heavy atom. The predicted octanol–water partition coefficient (Wildman–Crippen LogP) is 3.81. The largest absolute Gasteiger partial charge is 0.325 e. The van der Waals surface area contributed by atoms with Gasteiger partial charge in [0.15, 0.2) is 5.16 Å². The number of thiophene rings is 1. The molecule has 0 bridgehead atoms. The lowest BCUT2D eigenvalue weighted by Gasteiger charge is -2.11. The number of sulfonamides is 1. The quantitative estimate of drug-likeness (QED) is 0.253. The van der Waals surface area contributed by atoms with Gasteiger partial charge < -0.3 is 5.32 Å². The molecule has 3 heterocycles. The van der Waals surface area contributed by atoms with Crippen molar-refractivity contribution in [3.8, 4) is 0 Å². The summed E-state index contributed by atoms with van der Waals surface area (Å²) in [4.78, 5) is 40.6. The van der Waals surface area contributed by atoms with E-state index in [9.17, 15) is 18.0 Å². The third kappa shape index (κ3) is 5.45. The number of thioether (sulfide) groups is 1. The summed E-state index contributed by atoms with van der Waals surface area (Å²) < 4.78 is 29.4. The van der Waals surface area contributed by atoms with Crippen LogP contribution in [0.25, 0.3) is 10.2 Å². The van der Waals surface area contributed by atoms with Crippen molar-refractivity contribution in [3.05, 3.63) is 62.6 Å². The van der Waals surface area contributed by atoms with E-state index in [-0.39, 0.29) is 27.9 Å². The molecule has 1 aromatic carbocycles. The van der Waals surface area contributed by atoms with E-state index in [1.165, 1.54) is 45.5 Å². The number of carbonyl (C=O) groups is 1. The zero-order valence-corrected chi connectivity index (χ0v) is 23.5. The van der Waals surface area contributed by atoms with Gasteiger partial charge in [-0.05, 0) is 69.4 Å². The molecule has 10 nitrogen and oxygen atoms in total. The highest BCUT2D eigenvalue weighted by atomic mass is 32.2. The Bertz CT molecular complexity index is 1690. The normalized spacial score (nSPS) is 13.3. The fourth-order valence-electron chi connectivity index (χ4n) is 4.41. The van der Waals surface area contributed by atoms with Crippen LogP contribution in [-0.2, 0) is 34.7 Å². The molecule has 0 saturated heterocycles. The Hall–Kier alpha value is -3.29. The van der Waals surface area contributed by atoms with Gasteiger partial charge in [0.25, 0.3) is 15.6 Å². The fraction of sp³-hybridized carbons (Fsp3) is 0.320. The molecule has 5 rings (SSSR count).